The number of aryl methyl sites for hydroxylation is 1. The third-order valence-corrected chi connectivity index (χ3v) is 9.34. The van der Waals surface area contributed by atoms with Crippen LogP contribution in [0.2, 0.25) is 5.02 Å². The lowest BCUT2D eigenvalue weighted by atomic mass is 9.96. The zero-order chi connectivity index (χ0) is 23.6. The molecule has 1 amide bonds. The second-order valence-electron chi connectivity index (χ2n) is 9.05. The number of nitrogens with one attached hydrogen (secondary N) is 1. The summed E-state index contributed by atoms with van der Waals surface area (Å²) in [5, 5.41) is 3.25. The van der Waals surface area contributed by atoms with Gasteiger partial charge in [0, 0.05) is 38.1 Å². The minimum atomic E-state index is -3.91. The number of carbonyl (C=O) groups is 1. The van der Waals surface area contributed by atoms with Crippen molar-refractivity contribution in [1.29, 1.82) is 0 Å². The van der Waals surface area contributed by atoms with Crippen LogP contribution in [-0.2, 0) is 21.4 Å². The number of halogens is 1. The van der Waals surface area contributed by atoms with Gasteiger partial charge in [-0.1, -0.05) is 37.1 Å². The smallest absolute Gasteiger partial charge is 0.245 e. The standard InChI is InChI=1S/C24H33ClN4O3S/c1-18-8-6-9-20(25)23(18)33(31,32)29-17-16-28-14-7-10-21(28)22(29)19(2)24(30)26-11-15-27-12-4-3-5-13-27/h6-10,14,19,22H,3-5,11-13,15-17H2,1-2H3,(H,26,30). The molecule has 3 heterocycles. The van der Waals surface area contributed by atoms with Gasteiger partial charge < -0.3 is 14.8 Å². The van der Waals surface area contributed by atoms with Crippen LogP contribution < -0.4 is 5.32 Å². The van der Waals surface area contributed by atoms with Gasteiger partial charge in [-0.2, -0.15) is 4.31 Å². The molecule has 1 fully saturated rings. The Morgan fingerprint density at radius 3 is 2.61 bits per heavy atom. The predicted octanol–water partition coefficient (Wildman–Crippen LogP) is 3.43. The van der Waals surface area contributed by atoms with Crippen molar-refractivity contribution < 1.29 is 13.2 Å². The lowest BCUT2D eigenvalue weighted by Crippen LogP contribution is -2.48. The van der Waals surface area contributed by atoms with Crippen molar-refractivity contribution >= 4 is 27.5 Å². The van der Waals surface area contributed by atoms with Crippen LogP contribution in [0.4, 0.5) is 0 Å². The Kier molecular flexibility index (Phi) is 7.48. The van der Waals surface area contributed by atoms with Crippen molar-refractivity contribution in [2.45, 2.75) is 50.6 Å². The first-order valence-corrected chi connectivity index (χ1v) is 13.5. The van der Waals surface area contributed by atoms with Crippen molar-refractivity contribution in [2.75, 3.05) is 32.7 Å². The number of likely N-dealkylation sites (tertiary alicyclic amines) is 1. The fourth-order valence-electron chi connectivity index (χ4n) is 5.05. The maximum atomic E-state index is 13.8. The fraction of sp³-hybridized carbons (Fsp3) is 0.542. The molecule has 33 heavy (non-hydrogen) atoms. The molecule has 0 bridgehead atoms. The first-order chi connectivity index (χ1) is 15.8. The summed E-state index contributed by atoms with van der Waals surface area (Å²) in [6.45, 7) is 7.90. The fourth-order valence-corrected chi connectivity index (χ4v) is 7.50. The second-order valence-corrected chi connectivity index (χ2v) is 11.3. The number of benzene rings is 1. The average molecular weight is 493 g/mol. The number of piperidine rings is 1. The summed E-state index contributed by atoms with van der Waals surface area (Å²) in [7, 11) is -3.91. The van der Waals surface area contributed by atoms with Gasteiger partial charge in [-0.3, -0.25) is 4.79 Å². The molecule has 9 heteroatoms. The van der Waals surface area contributed by atoms with E-state index in [1.54, 1.807) is 25.1 Å². The number of amides is 1. The van der Waals surface area contributed by atoms with Crippen LogP contribution in [0.5, 0.6) is 0 Å². The molecule has 2 aliphatic heterocycles. The van der Waals surface area contributed by atoms with E-state index >= 15 is 0 Å². The first kappa shape index (κ1) is 24.3. The van der Waals surface area contributed by atoms with E-state index in [1.807, 2.05) is 29.8 Å². The van der Waals surface area contributed by atoms with Crippen LogP contribution in [0, 0.1) is 12.8 Å². The SMILES string of the molecule is Cc1cccc(Cl)c1S(=O)(=O)N1CCn2cccc2C1C(C)C(=O)NCCN1CCCCC1. The number of aromatic nitrogens is 1. The molecular formula is C24H33ClN4O3S. The molecule has 0 saturated carbocycles. The van der Waals surface area contributed by atoms with E-state index in [0.29, 0.717) is 18.7 Å². The van der Waals surface area contributed by atoms with Gasteiger partial charge in [-0.15, -0.1) is 0 Å². The minimum absolute atomic E-state index is 0.120. The van der Waals surface area contributed by atoms with Crippen LogP contribution in [-0.4, -0.2) is 60.8 Å². The highest BCUT2D eigenvalue weighted by atomic mass is 35.5. The monoisotopic (exact) mass is 492 g/mol. The summed E-state index contributed by atoms with van der Waals surface area (Å²) in [4.78, 5) is 15.7. The summed E-state index contributed by atoms with van der Waals surface area (Å²) in [5.41, 5.74) is 1.43. The van der Waals surface area contributed by atoms with E-state index in [2.05, 4.69) is 10.2 Å². The molecule has 4 rings (SSSR count). The van der Waals surface area contributed by atoms with Crippen molar-refractivity contribution in [1.82, 2.24) is 19.1 Å². The summed E-state index contributed by atoms with van der Waals surface area (Å²) < 4.78 is 31.1. The van der Waals surface area contributed by atoms with Gasteiger partial charge in [0.15, 0.2) is 0 Å². The third-order valence-electron chi connectivity index (χ3n) is 6.83. The number of fused-ring (bicyclic) bond motifs is 1. The molecule has 0 radical (unpaired) electrons. The molecule has 2 atom stereocenters. The van der Waals surface area contributed by atoms with Gasteiger partial charge >= 0.3 is 0 Å². The van der Waals surface area contributed by atoms with Gasteiger partial charge in [0.1, 0.15) is 4.90 Å². The average Bonchev–Trinajstić information content (AvgIpc) is 3.27. The van der Waals surface area contributed by atoms with Crippen LogP contribution in [0.15, 0.2) is 41.4 Å². The zero-order valence-corrected chi connectivity index (χ0v) is 20.9. The highest BCUT2D eigenvalue weighted by molar-refractivity contribution is 7.89. The molecule has 0 spiro atoms. The first-order valence-electron chi connectivity index (χ1n) is 11.7. The Balaban J connectivity index is 1.57. The molecule has 1 aromatic carbocycles. The van der Waals surface area contributed by atoms with Crippen LogP contribution in [0.25, 0.3) is 0 Å². The van der Waals surface area contributed by atoms with E-state index in [1.165, 1.54) is 23.6 Å². The Morgan fingerprint density at radius 1 is 1.12 bits per heavy atom. The molecule has 1 N–H and O–H groups in total. The Labute approximate surface area is 201 Å². The van der Waals surface area contributed by atoms with Gasteiger partial charge in [-0.05, 0) is 56.6 Å². The van der Waals surface area contributed by atoms with E-state index in [9.17, 15) is 13.2 Å². The normalized spacial score (nSPS) is 20.9. The van der Waals surface area contributed by atoms with Crippen molar-refractivity contribution in [2.24, 2.45) is 5.92 Å². The molecular weight excluding hydrogens is 460 g/mol. The molecule has 7 nitrogen and oxygen atoms in total. The second kappa shape index (κ2) is 10.2. The third kappa shape index (κ3) is 4.99. The highest BCUT2D eigenvalue weighted by Gasteiger charge is 2.42. The van der Waals surface area contributed by atoms with E-state index in [-0.39, 0.29) is 22.4 Å². The number of nitrogens with zero attached hydrogens (tertiary/aromatic N) is 3. The molecule has 0 aliphatic carbocycles. The summed E-state index contributed by atoms with van der Waals surface area (Å²) in [6, 6.07) is 8.29. The molecule has 180 valence electrons. The maximum absolute atomic E-state index is 13.8. The number of rotatable bonds is 7. The van der Waals surface area contributed by atoms with E-state index in [4.69, 9.17) is 11.6 Å². The number of sulfonamides is 1. The lowest BCUT2D eigenvalue weighted by molar-refractivity contribution is -0.126. The van der Waals surface area contributed by atoms with E-state index < -0.39 is 22.0 Å². The molecule has 1 saturated heterocycles. The van der Waals surface area contributed by atoms with Crippen molar-refractivity contribution in [3.63, 3.8) is 0 Å². The van der Waals surface area contributed by atoms with Gasteiger partial charge in [0.2, 0.25) is 15.9 Å². The van der Waals surface area contributed by atoms with Gasteiger partial charge in [0.05, 0.1) is 17.0 Å². The molecule has 2 aliphatic rings. The summed E-state index contributed by atoms with van der Waals surface area (Å²) in [6.07, 6.45) is 5.62. The van der Waals surface area contributed by atoms with Crippen LogP contribution in [0.1, 0.15) is 43.5 Å². The molecule has 2 aromatic rings. The quantitative estimate of drug-likeness (QED) is 0.642. The zero-order valence-electron chi connectivity index (χ0n) is 19.3. The Bertz CT molecular complexity index is 1070. The summed E-state index contributed by atoms with van der Waals surface area (Å²) >= 11 is 6.35. The molecule has 2 unspecified atom stereocenters. The Morgan fingerprint density at radius 2 is 1.88 bits per heavy atom. The number of hydrogen-bond donors (Lipinski definition) is 1. The number of carbonyl (C=O) groups excluding carboxylic acids is 1. The van der Waals surface area contributed by atoms with Gasteiger partial charge in [0.25, 0.3) is 0 Å². The highest BCUT2D eigenvalue weighted by Crippen LogP contribution is 2.39. The topological polar surface area (TPSA) is 74.6 Å². The summed E-state index contributed by atoms with van der Waals surface area (Å²) in [5.74, 6) is -0.694. The largest absolute Gasteiger partial charge is 0.355 e. The maximum Gasteiger partial charge on any atom is 0.245 e. The van der Waals surface area contributed by atoms with Crippen LogP contribution >= 0.6 is 11.6 Å². The minimum Gasteiger partial charge on any atom is -0.355 e. The lowest BCUT2D eigenvalue weighted by Gasteiger charge is -2.39. The Hall–Kier alpha value is -1.87. The van der Waals surface area contributed by atoms with Crippen molar-refractivity contribution in [3.05, 3.63) is 52.8 Å². The van der Waals surface area contributed by atoms with E-state index in [0.717, 1.165) is 25.3 Å². The van der Waals surface area contributed by atoms with Crippen molar-refractivity contribution in [3.8, 4) is 0 Å². The predicted molar refractivity (Wildman–Crippen MR) is 130 cm³/mol. The number of hydrogen-bond acceptors (Lipinski definition) is 4. The van der Waals surface area contributed by atoms with Crippen LogP contribution in [0.3, 0.4) is 0 Å². The molecule has 1 aromatic heterocycles. The van der Waals surface area contributed by atoms with Gasteiger partial charge in [-0.25, -0.2) is 8.42 Å².